The molecule has 0 aliphatic carbocycles. The Morgan fingerprint density at radius 1 is 1.31 bits per heavy atom. The van der Waals surface area contributed by atoms with Crippen LogP contribution >= 0.6 is 11.6 Å². The molecule has 0 aliphatic heterocycles. The maximum absolute atomic E-state index is 12.5. The molecule has 2 nitrogen and oxygen atoms in total. The Kier molecular flexibility index (Phi) is 2.86. The van der Waals surface area contributed by atoms with E-state index >= 15 is 0 Å². The zero-order valence-electron chi connectivity index (χ0n) is 7.88. The lowest BCUT2D eigenvalue weighted by molar-refractivity contribution is 0.455. The average molecular weight is 203 g/mol. The molecule has 0 saturated heterocycles. The number of nitrogens with zero attached hydrogens (tertiary/aromatic N) is 2. The lowest BCUT2D eigenvalue weighted by Crippen LogP contribution is -2.15. The van der Waals surface area contributed by atoms with Gasteiger partial charge in [-0.15, -0.1) is 0 Å². The van der Waals surface area contributed by atoms with E-state index in [1.165, 1.54) is 12.4 Å². The summed E-state index contributed by atoms with van der Waals surface area (Å²) in [6.07, 6.45) is 2.84. The van der Waals surface area contributed by atoms with Crippen LogP contribution in [0.15, 0.2) is 12.4 Å². The first-order valence-corrected chi connectivity index (χ1v) is 4.45. The lowest BCUT2D eigenvalue weighted by atomic mass is 9.96. The van der Waals surface area contributed by atoms with E-state index in [4.69, 9.17) is 11.6 Å². The standard InChI is InChI=1S/C9H12ClFN2/c1-9(2,3)8-12-4-6(5-13-8)7(10)11/h4-5,7H,1-3H3. The summed E-state index contributed by atoms with van der Waals surface area (Å²) in [6, 6.07) is 0. The highest BCUT2D eigenvalue weighted by molar-refractivity contribution is 6.19. The van der Waals surface area contributed by atoms with Crippen molar-refractivity contribution in [2.45, 2.75) is 31.8 Å². The summed E-state index contributed by atoms with van der Waals surface area (Å²) in [5.74, 6) is 0.688. The minimum absolute atomic E-state index is 0.114. The molecule has 0 amide bonds. The van der Waals surface area contributed by atoms with E-state index in [9.17, 15) is 4.39 Å². The highest BCUT2D eigenvalue weighted by atomic mass is 35.5. The summed E-state index contributed by atoms with van der Waals surface area (Å²) in [7, 11) is 0. The number of alkyl halides is 2. The quantitative estimate of drug-likeness (QED) is 0.655. The van der Waals surface area contributed by atoms with E-state index < -0.39 is 5.63 Å². The van der Waals surface area contributed by atoms with Crippen LogP contribution in [0.25, 0.3) is 0 Å². The molecular formula is C9H12ClFN2. The summed E-state index contributed by atoms with van der Waals surface area (Å²) >= 11 is 5.22. The molecule has 1 rings (SSSR count). The van der Waals surface area contributed by atoms with Crippen molar-refractivity contribution in [3.05, 3.63) is 23.8 Å². The van der Waals surface area contributed by atoms with Gasteiger partial charge in [0.25, 0.3) is 0 Å². The molecule has 72 valence electrons. The van der Waals surface area contributed by atoms with Gasteiger partial charge in [0.2, 0.25) is 5.63 Å². The van der Waals surface area contributed by atoms with Crippen LogP contribution in [-0.2, 0) is 5.41 Å². The fourth-order valence-electron chi connectivity index (χ4n) is 0.838. The van der Waals surface area contributed by atoms with Crippen LogP contribution < -0.4 is 0 Å². The van der Waals surface area contributed by atoms with Crippen molar-refractivity contribution in [1.82, 2.24) is 9.97 Å². The summed E-state index contributed by atoms with van der Waals surface area (Å²) < 4.78 is 12.5. The highest BCUT2D eigenvalue weighted by Crippen LogP contribution is 2.22. The third-order valence-corrected chi connectivity index (χ3v) is 1.85. The smallest absolute Gasteiger partial charge is 0.201 e. The Hall–Kier alpha value is -0.700. The molecule has 0 saturated carbocycles. The van der Waals surface area contributed by atoms with Gasteiger partial charge < -0.3 is 0 Å². The predicted molar refractivity (Wildman–Crippen MR) is 50.4 cm³/mol. The second-order valence-corrected chi connectivity index (χ2v) is 4.27. The average Bonchev–Trinajstić information content (AvgIpc) is 2.03. The van der Waals surface area contributed by atoms with Crippen LogP contribution in [0.5, 0.6) is 0 Å². The molecule has 1 unspecified atom stereocenters. The molecule has 0 aliphatic rings. The molecule has 1 heterocycles. The van der Waals surface area contributed by atoms with Crippen LogP contribution in [0.3, 0.4) is 0 Å². The van der Waals surface area contributed by atoms with Gasteiger partial charge in [0.15, 0.2) is 0 Å². The molecule has 0 bridgehead atoms. The SMILES string of the molecule is CC(C)(C)c1ncc(C(F)Cl)cn1. The van der Waals surface area contributed by atoms with E-state index in [0.717, 1.165) is 0 Å². The molecular weight excluding hydrogens is 191 g/mol. The Morgan fingerprint density at radius 3 is 2.08 bits per heavy atom. The number of aromatic nitrogens is 2. The fraction of sp³-hybridized carbons (Fsp3) is 0.556. The van der Waals surface area contributed by atoms with Gasteiger partial charge in [0.1, 0.15) is 5.82 Å². The van der Waals surface area contributed by atoms with Crippen LogP contribution in [0.2, 0.25) is 0 Å². The van der Waals surface area contributed by atoms with Crippen molar-refractivity contribution in [3.63, 3.8) is 0 Å². The molecule has 1 atom stereocenters. The first kappa shape index (κ1) is 10.4. The number of hydrogen-bond acceptors (Lipinski definition) is 2. The third kappa shape index (κ3) is 2.62. The minimum atomic E-state index is -1.52. The molecule has 1 aromatic rings. The van der Waals surface area contributed by atoms with Gasteiger partial charge >= 0.3 is 0 Å². The van der Waals surface area contributed by atoms with Gasteiger partial charge in [-0.1, -0.05) is 32.4 Å². The molecule has 0 radical (unpaired) electrons. The van der Waals surface area contributed by atoms with Crippen molar-refractivity contribution in [2.75, 3.05) is 0 Å². The Morgan fingerprint density at radius 2 is 1.77 bits per heavy atom. The third-order valence-electron chi connectivity index (χ3n) is 1.59. The lowest BCUT2D eigenvalue weighted by Gasteiger charge is -2.15. The summed E-state index contributed by atoms with van der Waals surface area (Å²) in [6.45, 7) is 5.99. The van der Waals surface area contributed by atoms with Gasteiger partial charge in [-0.3, -0.25) is 0 Å². The molecule has 0 fully saturated rings. The van der Waals surface area contributed by atoms with Gasteiger partial charge in [0, 0.05) is 23.4 Å². The van der Waals surface area contributed by atoms with Crippen molar-refractivity contribution < 1.29 is 4.39 Å². The Bertz CT molecular complexity index is 277. The zero-order valence-corrected chi connectivity index (χ0v) is 8.64. The topological polar surface area (TPSA) is 25.8 Å². The monoisotopic (exact) mass is 202 g/mol. The van der Waals surface area contributed by atoms with Crippen molar-refractivity contribution in [3.8, 4) is 0 Å². The second kappa shape index (κ2) is 3.58. The summed E-state index contributed by atoms with van der Waals surface area (Å²) in [4.78, 5) is 8.07. The zero-order chi connectivity index (χ0) is 10.1. The maximum Gasteiger partial charge on any atom is 0.201 e. The maximum atomic E-state index is 12.5. The molecule has 0 N–H and O–H groups in total. The highest BCUT2D eigenvalue weighted by Gasteiger charge is 2.17. The Balaban J connectivity index is 2.94. The van der Waals surface area contributed by atoms with E-state index in [0.29, 0.717) is 11.4 Å². The van der Waals surface area contributed by atoms with Crippen LogP contribution in [0.1, 0.15) is 37.8 Å². The van der Waals surface area contributed by atoms with Crippen molar-refractivity contribution in [2.24, 2.45) is 0 Å². The van der Waals surface area contributed by atoms with Crippen LogP contribution in [0.4, 0.5) is 4.39 Å². The van der Waals surface area contributed by atoms with E-state index in [1.807, 2.05) is 20.8 Å². The summed E-state index contributed by atoms with van der Waals surface area (Å²) in [5, 5.41) is 0. The molecule has 0 aromatic carbocycles. The first-order valence-electron chi connectivity index (χ1n) is 4.02. The minimum Gasteiger partial charge on any atom is -0.240 e. The first-order chi connectivity index (χ1) is 5.91. The van der Waals surface area contributed by atoms with Gasteiger partial charge in [-0.2, -0.15) is 0 Å². The van der Waals surface area contributed by atoms with E-state index in [2.05, 4.69) is 9.97 Å². The molecule has 4 heteroatoms. The van der Waals surface area contributed by atoms with Gasteiger partial charge in [-0.05, 0) is 0 Å². The van der Waals surface area contributed by atoms with Gasteiger partial charge in [0.05, 0.1) is 0 Å². The predicted octanol–water partition coefficient (Wildman–Crippen LogP) is 2.98. The van der Waals surface area contributed by atoms with E-state index in [1.54, 1.807) is 0 Å². The number of halogens is 2. The normalized spacial score (nSPS) is 14.2. The largest absolute Gasteiger partial charge is 0.240 e. The fourth-order valence-corrected chi connectivity index (χ4v) is 0.951. The molecule has 1 aromatic heterocycles. The van der Waals surface area contributed by atoms with Gasteiger partial charge in [-0.25, -0.2) is 14.4 Å². The summed E-state index contributed by atoms with van der Waals surface area (Å²) in [5.41, 5.74) is -1.33. The van der Waals surface area contributed by atoms with E-state index in [-0.39, 0.29) is 5.41 Å². The van der Waals surface area contributed by atoms with Crippen LogP contribution in [-0.4, -0.2) is 9.97 Å². The van der Waals surface area contributed by atoms with Crippen molar-refractivity contribution in [1.29, 1.82) is 0 Å². The second-order valence-electron chi connectivity index (χ2n) is 3.89. The van der Waals surface area contributed by atoms with Crippen LogP contribution in [0, 0.1) is 0 Å². The number of hydrogen-bond donors (Lipinski definition) is 0. The molecule has 13 heavy (non-hydrogen) atoms. The number of rotatable bonds is 1. The molecule has 0 spiro atoms. The van der Waals surface area contributed by atoms with Crippen molar-refractivity contribution >= 4 is 11.6 Å². The Labute approximate surface area is 82.2 Å².